The van der Waals surface area contributed by atoms with E-state index >= 15 is 0 Å². The Bertz CT molecular complexity index is 1100. The third kappa shape index (κ3) is 4.12. The van der Waals surface area contributed by atoms with Gasteiger partial charge in [0.25, 0.3) is 5.91 Å². The highest BCUT2D eigenvalue weighted by molar-refractivity contribution is 7.16. The lowest BCUT2D eigenvalue weighted by atomic mass is 10.1. The van der Waals surface area contributed by atoms with Gasteiger partial charge in [0.1, 0.15) is 17.1 Å². The minimum atomic E-state index is -0.457. The van der Waals surface area contributed by atoms with Crippen molar-refractivity contribution >= 4 is 27.5 Å². The van der Waals surface area contributed by atoms with E-state index in [1.807, 2.05) is 16.7 Å². The van der Waals surface area contributed by atoms with Crippen molar-refractivity contribution in [2.75, 3.05) is 42.2 Å². The van der Waals surface area contributed by atoms with Gasteiger partial charge >= 0.3 is 0 Å². The molecule has 0 atom stereocenters. The van der Waals surface area contributed by atoms with E-state index in [4.69, 9.17) is 23.7 Å². The maximum Gasteiger partial charge on any atom is 0.287 e. The number of amides is 1. The van der Waals surface area contributed by atoms with Crippen LogP contribution in [0.2, 0.25) is 0 Å². The molecule has 0 saturated carbocycles. The van der Waals surface area contributed by atoms with Crippen molar-refractivity contribution in [1.29, 1.82) is 0 Å². The number of carbonyl (C=O) groups excluding carboxylic acids is 1. The number of aromatic nitrogens is 1. The van der Waals surface area contributed by atoms with E-state index in [2.05, 4.69) is 4.99 Å². The number of carbonyl (C=O) groups is 1. The van der Waals surface area contributed by atoms with Gasteiger partial charge in [-0.2, -0.15) is 4.99 Å². The molecule has 160 valence electrons. The Morgan fingerprint density at radius 2 is 1.53 bits per heavy atom. The topological polar surface area (TPSA) is 80.5 Å². The quantitative estimate of drug-likeness (QED) is 0.544. The molecule has 0 spiro atoms. The van der Waals surface area contributed by atoms with Crippen LogP contribution in [0.1, 0.15) is 10.4 Å². The molecule has 8 nitrogen and oxygen atoms in total. The second kappa shape index (κ2) is 9.64. The second-order valence-electron chi connectivity index (χ2n) is 6.16. The van der Waals surface area contributed by atoms with Crippen LogP contribution in [-0.2, 0) is 11.3 Å². The number of fused-ring (bicyclic) bond motifs is 1. The van der Waals surface area contributed by atoms with Gasteiger partial charge in [-0.25, -0.2) is 0 Å². The van der Waals surface area contributed by atoms with Crippen LogP contribution < -0.4 is 23.7 Å². The monoisotopic (exact) mass is 432 g/mol. The standard InChI is InChI=1S/C21H24N2O6S/c1-25-10-9-23-13-11-16(28-4)17(29-5)12-18(13)30-21(23)22-20(24)19-14(26-2)7-6-8-15(19)27-3/h6-8,11-12H,9-10H2,1-5H3. The number of ether oxygens (including phenoxy) is 5. The number of hydrogen-bond donors (Lipinski definition) is 0. The Morgan fingerprint density at radius 3 is 2.10 bits per heavy atom. The van der Waals surface area contributed by atoms with Gasteiger partial charge in [-0.3, -0.25) is 4.79 Å². The van der Waals surface area contributed by atoms with Crippen LogP contribution in [-0.4, -0.2) is 52.6 Å². The molecule has 1 heterocycles. The molecule has 0 aliphatic carbocycles. The van der Waals surface area contributed by atoms with Crippen LogP contribution in [0, 0.1) is 0 Å². The third-order valence-electron chi connectivity index (χ3n) is 4.55. The number of benzene rings is 2. The Kier molecular flexibility index (Phi) is 6.96. The minimum absolute atomic E-state index is 0.272. The molecule has 0 aliphatic heterocycles. The fraction of sp³-hybridized carbons (Fsp3) is 0.333. The largest absolute Gasteiger partial charge is 0.496 e. The maximum atomic E-state index is 13.1. The van der Waals surface area contributed by atoms with Crippen LogP contribution in [0.4, 0.5) is 0 Å². The molecule has 0 fully saturated rings. The molecular weight excluding hydrogens is 408 g/mol. The molecule has 30 heavy (non-hydrogen) atoms. The number of thiazole rings is 1. The summed E-state index contributed by atoms with van der Waals surface area (Å²) in [6.07, 6.45) is 0. The van der Waals surface area contributed by atoms with Gasteiger partial charge < -0.3 is 28.3 Å². The second-order valence-corrected chi connectivity index (χ2v) is 7.17. The maximum absolute atomic E-state index is 13.1. The first kappa shape index (κ1) is 21.7. The van der Waals surface area contributed by atoms with E-state index in [1.165, 1.54) is 25.6 Å². The molecular formula is C21H24N2O6S. The van der Waals surface area contributed by atoms with Crippen molar-refractivity contribution in [3.8, 4) is 23.0 Å². The first-order valence-corrected chi connectivity index (χ1v) is 9.93. The first-order valence-electron chi connectivity index (χ1n) is 9.12. The zero-order chi connectivity index (χ0) is 21.7. The van der Waals surface area contributed by atoms with Crippen LogP contribution in [0.5, 0.6) is 23.0 Å². The van der Waals surface area contributed by atoms with Crippen molar-refractivity contribution in [1.82, 2.24) is 4.57 Å². The highest BCUT2D eigenvalue weighted by Gasteiger charge is 2.19. The van der Waals surface area contributed by atoms with Crippen molar-refractivity contribution < 1.29 is 28.5 Å². The average Bonchev–Trinajstić information content (AvgIpc) is 3.11. The van der Waals surface area contributed by atoms with E-state index in [0.717, 1.165) is 10.2 Å². The summed E-state index contributed by atoms with van der Waals surface area (Å²) in [5.41, 5.74) is 1.14. The Balaban J connectivity index is 2.22. The van der Waals surface area contributed by atoms with E-state index in [0.29, 0.717) is 41.0 Å². The molecule has 0 saturated heterocycles. The van der Waals surface area contributed by atoms with Gasteiger partial charge in [0.05, 0.1) is 45.3 Å². The fourth-order valence-electron chi connectivity index (χ4n) is 3.09. The summed E-state index contributed by atoms with van der Waals surface area (Å²) < 4.78 is 29.6. The highest BCUT2D eigenvalue weighted by atomic mass is 32.1. The van der Waals surface area contributed by atoms with Crippen LogP contribution in [0.15, 0.2) is 35.3 Å². The predicted molar refractivity (Wildman–Crippen MR) is 114 cm³/mol. The smallest absolute Gasteiger partial charge is 0.287 e. The lowest BCUT2D eigenvalue weighted by Crippen LogP contribution is -2.19. The van der Waals surface area contributed by atoms with E-state index in [1.54, 1.807) is 39.5 Å². The molecule has 9 heteroatoms. The molecule has 0 radical (unpaired) electrons. The molecule has 0 aliphatic rings. The molecule has 0 unspecified atom stereocenters. The number of methoxy groups -OCH3 is 5. The zero-order valence-electron chi connectivity index (χ0n) is 17.6. The minimum Gasteiger partial charge on any atom is -0.496 e. The summed E-state index contributed by atoms with van der Waals surface area (Å²) >= 11 is 1.38. The highest BCUT2D eigenvalue weighted by Crippen LogP contribution is 2.34. The Hall–Kier alpha value is -3.04. The summed E-state index contributed by atoms with van der Waals surface area (Å²) in [6, 6.07) is 8.89. The molecule has 1 amide bonds. The Morgan fingerprint density at radius 1 is 0.933 bits per heavy atom. The summed E-state index contributed by atoms with van der Waals surface area (Å²) in [5.74, 6) is 1.54. The number of rotatable bonds is 8. The number of nitrogens with zero attached hydrogens (tertiary/aromatic N) is 2. The van der Waals surface area contributed by atoms with Crippen LogP contribution in [0.25, 0.3) is 10.2 Å². The predicted octanol–water partition coefficient (Wildman–Crippen LogP) is 3.12. The first-order chi connectivity index (χ1) is 14.6. The SMILES string of the molecule is COCCn1c(=NC(=O)c2c(OC)cccc2OC)sc2cc(OC)c(OC)cc21. The molecule has 1 aromatic heterocycles. The van der Waals surface area contributed by atoms with E-state index < -0.39 is 5.91 Å². The zero-order valence-corrected chi connectivity index (χ0v) is 18.4. The normalized spacial score (nSPS) is 11.6. The average molecular weight is 432 g/mol. The van der Waals surface area contributed by atoms with Crippen LogP contribution in [0.3, 0.4) is 0 Å². The van der Waals surface area contributed by atoms with Gasteiger partial charge in [-0.15, -0.1) is 0 Å². The lowest BCUT2D eigenvalue weighted by Gasteiger charge is -2.10. The van der Waals surface area contributed by atoms with Crippen LogP contribution >= 0.6 is 11.3 Å². The fourth-order valence-corrected chi connectivity index (χ4v) is 4.15. The van der Waals surface area contributed by atoms with Gasteiger partial charge in [-0.1, -0.05) is 17.4 Å². The Labute approximate surface area is 178 Å². The summed E-state index contributed by atoms with van der Waals surface area (Å²) in [4.78, 5) is 18.0. The van der Waals surface area contributed by atoms with Gasteiger partial charge in [0.2, 0.25) is 0 Å². The molecule has 2 aromatic carbocycles. The third-order valence-corrected chi connectivity index (χ3v) is 5.59. The van der Waals surface area contributed by atoms with Crippen molar-refractivity contribution in [3.63, 3.8) is 0 Å². The molecule has 3 rings (SSSR count). The van der Waals surface area contributed by atoms with E-state index in [-0.39, 0.29) is 5.56 Å². The van der Waals surface area contributed by atoms with Crippen molar-refractivity contribution in [3.05, 3.63) is 40.7 Å². The molecule has 0 N–H and O–H groups in total. The summed E-state index contributed by atoms with van der Waals surface area (Å²) in [7, 11) is 7.79. The summed E-state index contributed by atoms with van der Waals surface area (Å²) in [5, 5.41) is 0. The van der Waals surface area contributed by atoms with E-state index in [9.17, 15) is 4.79 Å². The number of hydrogen-bond acceptors (Lipinski definition) is 7. The van der Waals surface area contributed by atoms with Gasteiger partial charge in [-0.05, 0) is 12.1 Å². The lowest BCUT2D eigenvalue weighted by molar-refractivity contribution is 0.0991. The molecule has 3 aromatic rings. The summed E-state index contributed by atoms with van der Waals surface area (Å²) in [6.45, 7) is 0.973. The van der Waals surface area contributed by atoms with Crippen molar-refractivity contribution in [2.24, 2.45) is 4.99 Å². The van der Waals surface area contributed by atoms with Crippen molar-refractivity contribution in [2.45, 2.75) is 6.54 Å². The molecule has 0 bridgehead atoms. The van der Waals surface area contributed by atoms with Gasteiger partial charge in [0.15, 0.2) is 16.3 Å². The van der Waals surface area contributed by atoms with Gasteiger partial charge in [0, 0.05) is 25.8 Å².